The van der Waals surface area contributed by atoms with Crippen LogP contribution in [0, 0.1) is 0 Å². The average molecular weight is 448 g/mol. The maximum Gasteiger partial charge on any atom is 0.277 e. The highest BCUT2D eigenvalue weighted by Gasteiger charge is 2.08. The number of amides is 1. The molecule has 2 rings (SSSR count). The summed E-state index contributed by atoms with van der Waals surface area (Å²) >= 11 is 14.9. The first-order chi connectivity index (χ1) is 11.9. The van der Waals surface area contributed by atoms with E-state index < -0.39 is 5.91 Å². The van der Waals surface area contributed by atoms with E-state index in [4.69, 9.17) is 32.7 Å². The summed E-state index contributed by atoms with van der Waals surface area (Å²) in [6.45, 7) is -0.263. The van der Waals surface area contributed by atoms with Crippen LogP contribution in [0.2, 0.25) is 10.0 Å². The van der Waals surface area contributed by atoms with Crippen LogP contribution in [-0.4, -0.2) is 30.9 Å². The summed E-state index contributed by atoms with van der Waals surface area (Å²) < 4.78 is 10.8. The molecule has 0 bridgehead atoms. The average Bonchev–Trinajstić information content (AvgIpc) is 2.57. The van der Waals surface area contributed by atoms with Crippen molar-refractivity contribution in [3.8, 4) is 17.2 Å². The Kier molecular flexibility index (Phi) is 6.92. The number of hydrazone groups is 1. The second-order valence-electron chi connectivity index (χ2n) is 4.71. The van der Waals surface area contributed by atoms with E-state index in [0.29, 0.717) is 25.8 Å². The molecule has 9 heteroatoms. The van der Waals surface area contributed by atoms with Crippen LogP contribution in [0.3, 0.4) is 0 Å². The summed E-state index contributed by atoms with van der Waals surface area (Å²) in [4.78, 5) is 11.7. The van der Waals surface area contributed by atoms with Crippen molar-refractivity contribution in [2.24, 2.45) is 5.10 Å². The maximum absolute atomic E-state index is 11.7. The lowest BCUT2D eigenvalue weighted by atomic mass is 10.2. The minimum atomic E-state index is -0.466. The molecule has 0 heterocycles. The molecule has 0 saturated carbocycles. The number of benzene rings is 2. The Labute approximate surface area is 162 Å². The molecule has 0 radical (unpaired) electrons. The maximum atomic E-state index is 11.7. The number of phenolic OH excluding ortho intramolecular Hbond substituents is 1. The smallest absolute Gasteiger partial charge is 0.277 e. The van der Waals surface area contributed by atoms with Gasteiger partial charge < -0.3 is 14.6 Å². The molecule has 0 aliphatic rings. The Hall–Kier alpha value is -1.96. The lowest BCUT2D eigenvalue weighted by Gasteiger charge is -2.07. The number of nitrogens with one attached hydrogen (secondary N) is 1. The molecule has 0 aliphatic carbocycles. The van der Waals surface area contributed by atoms with E-state index in [1.54, 1.807) is 24.3 Å². The molecule has 0 aromatic heterocycles. The highest BCUT2D eigenvalue weighted by molar-refractivity contribution is 9.10. The number of ether oxygens (including phenoxy) is 2. The van der Waals surface area contributed by atoms with Gasteiger partial charge in [0.15, 0.2) is 18.1 Å². The zero-order valence-corrected chi connectivity index (χ0v) is 16.0. The summed E-state index contributed by atoms with van der Waals surface area (Å²) in [5.41, 5.74) is 2.94. The molecular weight excluding hydrogens is 435 g/mol. The highest BCUT2D eigenvalue weighted by Crippen LogP contribution is 2.34. The van der Waals surface area contributed by atoms with Crippen LogP contribution in [0.1, 0.15) is 5.56 Å². The number of nitrogens with zero attached hydrogens (tertiary/aromatic N) is 1. The number of carbonyl (C=O) groups excluding carboxylic acids is 1. The van der Waals surface area contributed by atoms with Gasteiger partial charge in [-0.25, -0.2) is 5.43 Å². The highest BCUT2D eigenvalue weighted by atomic mass is 79.9. The van der Waals surface area contributed by atoms with E-state index in [0.717, 1.165) is 0 Å². The molecule has 0 atom stereocenters. The minimum Gasteiger partial charge on any atom is -0.503 e. The molecule has 6 nitrogen and oxygen atoms in total. The SMILES string of the molecule is COc1cc(C=NNC(=O)COc2ccc(Cl)cc2Cl)cc(Br)c1O. The summed E-state index contributed by atoms with van der Waals surface area (Å²) in [5, 5.41) is 14.3. The molecule has 1 amide bonds. The van der Waals surface area contributed by atoms with Crippen molar-refractivity contribution in [2.45, 2.75) is 0 Å². The van der Waals surface area contributed by atoms with Crippen molar-refractivity contribution in [1.82, 2.24) is 5.43 Å². The molecule has 2 aromatic carbocycles. The lowest BCUT2D eigenvalue weighted by molar-refractivity contribution is -0.123. The third-order valence-electron chi connectivity index (χ3n) is 2.93. The van der Waals surface area contributed by atoms with E-state index >= 15 is 0 Å². The van der Waals surface area contributed by atoms with Crippen molar-refractivity contribution >= 4 is 51.3 Å². The fourth-order valence-electron chi connectivity index (χ4n) is 1.77. The number of hydrogen-bond donors (Lipinski definition) is 2. The number of rotatable bonds is 6. The van der Waals surface area contributed by atoms with Gasteiger partial charge in [-0.2, -0.15) is 5.10 Å². The van der Waals surface area contributed by atoms with Crippen LogP contribution in [0.25, 0.3) is 0 Å². The summed E-state index contributed by atoms with van der Waals surface area (Å²) in [6, 6.07) is 7.89. The monoisotopic (exact) mass is 446 g/mol. The second-order valence-corrected chi connectivity index (χ2v) is 6.41. The van der Waals surface area contributed by atoms with Crippen LogP contribution in [0.5, 0.6) is 17.2 Å². The molecule has 0 fully saturated rings. The first-order valence-electron chi connectivity index (χ1n) is 6.87. The Balaban J connectivity index is 1.91. The van der Waals surface area contributed by atoms with Crippen LogP contribution in [0.15, 0.2) is 39.9 Å². The first-order valence-corrected chi connectivity index (χ1v) is 8.42. The first kappa shape index (κ1) is 19.4. The quantitative estimate of drug-likeness (QED) is 0.518. The van der Waals surface area contributed by atoms with Crippen molar-refractivity contribution in [3.63, 3.8) is 0 Å². The molecule has 0 saturated heterocycles. The predicted molar refractivity (Wildman–Crippen MR) is 100 cm³/mol. The van der Waals surface area contributed by atoms with Crippen molar-refractivity contribution in [3.05, 3.63) is 50.4 Å². The van der Waals surface area contributed by atoms with Gasteiger partial charge in [-0.1, -0.05) is 23.2 Å². The van der Waals surface area contributed by atoms with Gasteiger partial charge in [0.2, 0.25) is 0 Å². The van der Waals surface area contributed by atoms with Gasteiger partial charge in [0, 0.05) is 5.02 Å². The van der Waals surface area contributed by atoms with E-state index in [2.05, 4.69) is 26.5 Å². The Morgan fingerprint density at radius 1 is 1.32 bits per heavy atom. The van der Waals surface area contributed by atoms with Gasteiger partial charge >= 0.3 is 0 Å². The van der Waals surface area contributed by atoms with Crippen LogP contribution in [0.4, 0.5) is 0 Å². The zero-order chi connectivity index (χ0) is 18.4. The van der Waals surface area contributed by atoms with E-state index in [-0.39, 0.29) is 18.1 Å². The standard InChI is InChI=1S/C16H13BrCl2N2O4/c1-24-14-5-9(4-11(17)16(14)23)7-20-21-15(22)8-25-13-3-2-10(18)6-12(13)19/h2-7,23H,8H2,1H3,(H,21,22). The third-order valence-corrected chi connectivity index (χ3v) is 4.06. The predicted octanol–water partition coefficient (Wildman–Crippen LogP) is 4.00. The van der Waals surface area contributed by atoms with E-state index in [1.165, 1.54) is 19.4 Å². The molecule has 0 spiro atoms. The molecule has 0 aliphatic heterocycles. The molecule has 0 unspecified atom stereocenters. The fraction of sp³-hybridized carbons (Fsp3) is 0.125. The zero-order valence-electron chi connectivity index (χ0n) is 12.9. The Bertz CT molecular complexity index is 815. The molecular formula is C16H13BrCl2N2O4. The molecule has 25 heavy (non-hydrogen) atoms. The van der Waals surface area contributed by atoms with Crippen molar-refractivity contribution in [2.75, 3.05) is 13.7 Å². The number of phenols is 1. The topological polar surface area (TPSA) is 80.2 Å². The van der Waals surface area contributed by atoms with Crippen LogP contribution in [-0.2, 0) is 4.79 Å². The minimum absolute atomic E-state index is 0.0167. The van der Waals surface area contributed by atoms with Gasteiger partial charge in [0.05, 0.1) is 22.8 Å². The molecule has 132 valence electrons. The number of hydrogen-bond acceptors (Lipinski definition) is 5. The van der Waals surface area contributed by atoms with Crippen molar-refractivity contribution in [1.29, 1.82) is 0 Å². The number of methoxy groups -OCH3 is 1. The lowest BCUT2D eigenvalue weighted by Crippen LogP contribution is -2.24. The van der Waals surface area contributed by atoms with Gasteiger partial charge in [0.25, 0.3) is 5.91 Å². The molecule has 2 N–H and O–H groups in total. The Morgan fingerprint density at radius 2 is 2.08 bits per heavy atom. The third kappa shape index (κ3) is 5.52. The summed E-state index contributed by atoms with van der Waals surface area (Å²) in [5.74, 6) is 0.143. The van der Waals surface area contributed by atoms with Crippen LogP contribution < -0.4 is 14.9 Å². The van der Waals surface area contributed by atoms with Gasteiger partial charge in [0.1, 0.15) is 5.75 Å². The Morgan fingerprint density at radius 3 is 2.76 bits per heavy atom. The van der Waals surface area contributed by atoms with Gasteiger partial charge in [-0.05, 0) is 51.8 Å². The number of halogens is 3. The molecule has 2 aromatic rings. The van der Waals surface area contributed by atoms with Gasteiger partial charge in [-0.15, -0.1) is 0 Å². The van der Waals surface area contributed by atoms with E-state index in [1.807, 2.05) is 0 Å². The fourth-order valence-corrected chi connectivity index (χ4v) is 2.69. The normalized spacial score (nSPS) is 10.7. The summed E-state index contributed by atoms with van der Waals surface area (Å²) in [7, 11) is 1.43. The van der Waals surface area contributed by atoms with Gasteiger partial charge in [-0.3, -0.25) is 4.79 Å². The second kappa shape index (κ2) is 8.94. The van der Waals surface area contributed by atoms with Crippen LogP contribution >= 0.6 is 39.1 Å². The largest absolute Gasteiger partial charge is 0.503 e. The number of carbonyl (C=O) groups is 1. The number of aromatic hydroxyl groups is 1. The summed E-state index contributed by atoms with van der Waals surface area (Å²) in [6.07, 6.45) is 1.40. The van der Waals surface area contributed by atoms with E-state index in [9.17, 15) is 9.90 Å². The van der Waals surface area contributed by atoms with Crippen molar-refractivity contribution < 1.29 is 19.4 Å².